The Bertz CT molecular complexity index is 2320. The summed E-state index contributed by atoms with van der Waals surface area (Å²) in [5.41, 5.74) is 9.40. The van der Waals surface area contributed by atoms with Crippen LogP contribution in [0.4, 0.5) is 0 Å². The van der Waals surface area contributed by atoms with Crippen molar-refractivity contribution in [1.82, 2.24) is 9.55 Å². The molecule has 3 heterocycles. The van der Waals surface area contributed by atoms with Crippen LogP contribution in [0, 0.1) is 0 Å². The van der Waals surface area contributed by atoms with E-state index < -0.39 is 0 Å². The minimum atomic E-state index is 0.822. The Hall–Kier alpha value is -5.61. The maximum atomic E-state index is 6.54. The minimum Gasteiger partial charge on any atom is -0.455 e. The molecule has 0 spiro atoms. The van der Waals surface area contributed by atoms with Crippen LogP contribution < -0.4 is 0 Å². The number of fused-ring (bicyclic) bond motifs is 7. The molecule has 0 radical (unpaired) electrons. The molecule has 192 valence electrons. The molecule has 0 atom stereocenters. The van der Waals surface area contributed by atoms with Crippen LogP contribution in [0.1, 0.15) is 0 Å². The molecule has 41 heavy (non-hydrogen) atoms. The van der Waals surface area contributed by atoms with Crippen LogP contribution in [0.3, 0.4) is 0 Å². The van der Waals surface area contributed by atoms with Crippen molar-refractivity contribution < 1.29 is 8.83 Å². The zero-order valence-electron chi connectivity index (χ0n) is 21.9. The molecule has 4 heteroatoms. The fourth-order valence-corrected chi connectivity index (χ4v) is 6.15. The average Bonchev–Trinajstić information content (AvgIpc) is 3.72. The number of hydrogen-bond donors (Lipinski definition) is 0. The molecule has 3 aromatic heterocycles. The molecule has 9 aromatic rings. The molecule has 4 nitrogen and oxygen atoms in total. The number of nitrogens with zero attached hydrogens (tertiary/aromatic N) is 2. The summed E-state index contributed by atoms with van der Waals surface area (Å²) in [4.78, 5) is 5.19. The van der Waals surface area contributed by atoms with Gasteiger partial charge >= 0.3 is 0 Å². The Morgan fingerprint density at radius 1 is 0.488 bits per heavy atom. The molecule has 0 unspecified atom stereocenters. The Kier molecular flexibility index (Phi) is 4.58. The van der Waals surface area contributed by atoms with Crippen molar-refractivity contribution in [2.24, 2.45) is 0 Å². The van der Waals surface area contributed by atoms with Crippen LogP contribution in [-0.2, 0) is 0 Å². The van der Waals surface area contributed by atoms with Crippen LogP contribution in [0.25, 0.3) is 83.1 Å². The largest absolute Gasteiger partial charge is 0.455 e. The van der Waals surface area contributed by atoms with E-state index in [2.05, 4.69) is 102 Å². The van der Waals surface area contributed by atoms with E-state index in [1.54, 1.807) is 0 Å². The standard InChI is InChI=1S/C37H22N2O2/c1-3-11-23(12-4-1)37-38-30-21-24(19-20-31(30)39(37)25-13-5-2-6-14-25)34-35-28(26-15-7-9-17-32(26)40-35)22-29-27-16-8-10-18-33(27)41-36(29)34/h1-22H. The first-order chi connectivity index (χ1) is 20.3. The van der Waals surface area contributed by atoms with Crippen LogP contribution in [0.15, 0.2) is 142 Å². The first kappa shape index (κ1) is 22.2. The summed E-state index contributed by atoms with van der Waals surface area (Å²) in [6.45, 7) is 0. The smallest absolute Gasteiger partial charge is 0.147 e. The molecule has 0 saturated heterocycles. The highest BCUT2D eigenvalue weighted by Crippen LogP contribution is 2.45. The van der Waals surface area contributed by atoms with Gasteiger partial charge in [-0.15, -0.1) is 0 Å². The Balaban J connectivity index is 1.38. The van der Waals surface area contributed by atoms with Crippen molar-refractivity contribution in [3.05, 3.63) is 133 Å². The van der Waals surface area contributed by atoms with E-state index in [0.29, 0.717) is 0 Å². The molecule has 0 saturated carbocycles. The third kappa shape index (κ3) is 3.25. The second-order valence-corrected chi connectivity index (χ2v) is 10.4. The van der Waals surface area contributed by atoms with Crippen molar-refractivity contribution in [1.29, 1.82) is 0 Å². The van der Waals surface area contributed by atoms with E-state index in [-0.39, 0.29) is 0 Å². The van der Waals surface area contributed by atoms with Crippen molar-refractivity contribution >= 4 is 54.9 Å². The zero-order chi connectivity index (χ0) is 26.9. The fourth-order valence-electron chi connectivity index (χ4n) is 6.15. The van der Waals surface area contributed by atoms with Gasteiger partial charge in [-0.3, -0.25) is 4.57 Å². The summed E-state index contributed by atoms with van der Waals surface area (Å²) in [6.07, 6.45) is 0. The third-order valence-electron chi connectivity index (χ3n) is 8.00. The molecular formula is C37H22N2O2. The molecule has 0 aliphatic rings. The molecule has 0 N–H and O–H groups in total. The molecule has 0 bridgehead atoms. The molecular weight excluding hydrogens is 504 g/mol. The normalized spacial score (nSPS) is 11.9. The number of benzene rings is 6. The number of imidazole rings is 1. The Labute approximate surface area is 234 Å². The summed E-state index contributed by atoms with van der Waals surface area (Å²) in [5, 5.41) is 4.34. The minimum absolute atomic E-state index is 0.822. The molecule has 0 aliphatic carbocycles. The van der Waals surface area contributed by atoms with E-state index in [1.807, 2.05) is 36.4 Å². The maximum Gasteiger partial charge on any atom is 0.147 e. The number of rotatable bonds is 3. The summed E-state index contributed by atoms with van der Waals surface area (Å²) in [7, 11) is 0. The number of furan rings is 2. The van der Waals surface area contributed by atoms with Gasteiger partial charge in [-0.2, -0.15) is 0 Å². The van der Waals surface area contributed by atoms with Crippen molar-refractivity contribution in [3.8, 4) is 28.2 Å². The van der Waals surface area contributed by atoms with Gasteiger partial charge in [-0.25, -0.2) is 4.98 Å². The van der Waals surface area contributed by atoms with E-state index >= 15 is 0 Å². The first-order valence-electron chi connectivity index (χ1n) is 13.7. The van der Waals surface area contributed by atoms with E-state index in [9.17, 15) is 0 Å². The van der Waals surface area contributed by atoms with Crippen LogP contribution in [0.5, 0.6) is 0 Å². The van der Waals surface area contributed by atoms with E-state index in [4.69, 9.17) is 13.8 Å². The highest BCUT2D eigenvalue weighted by Gasteiger charge is 2.22. The average molecular weight is 527 g/mol. The fraction of sp³-hybridized carbons (Fsp3) is 0. The highest BCUT2D eigenvalue weighted by molar-refractivity contribution is 6.22. The lowest BCUT2D eigenvalue weighted by molar-refractivity contribution is 0.658. The van der Waals surface area contributed by atoms with E-state index in [0.717, 1.165) is 83.1 Å². The second-order valence-electron chi connectivity index (χ2n) is 10.4. The van der Waals surface area contributed by atoms with Gasteiger partial charge in [-0.1, -0.05) is 91.0 Å². The summed E-state index contributed by atoms with van der Waals surface area (Å²) >= 11 is 0. The topological polar surface area (TPSA) is 44.1 Å². The lowest BCUT2D eigenvalue weighted by Crippen LogP contribution is -1.97. The van der Waals surface area contributed by atoms with Gasteiger partial charge < -0.3 is 8.83 Å². The van der Waals surface area contributed by atoms with Crippen LogP contribution in [-0.4, -0.2) is 9.55 Å². The number of aromatic nitrogens is 2. The first-order valence-corrected chi connectivity index (χ1v) is 13.7. The van der Waals surface area contributed by atoms with Crippen LogP contribution >= 0.6 is 0 Å². The van der Waals surface area contributed by atoms with Gasteiger partial charge in [0.25, 0.3) is 0 Å². The summed E-state index contributed by atoms with van der Waals surface area (Å²) in [5.74, 6) is 0.903. The molecule has 0 amide bonds. The van der Waals surface area contributed by atoms with Crippen LogP contribution in [0.2, 0.25) is 0 Å². The molecule has 9 rings (SSSR count). The molecule has 6 aromatic carbocycles. The predicted octanol–water partition coefficient (Wildman–Crippen LogP) is 10.2. The highest BCUT2D eigenvalue weighted by atomic mass is 16.3. The third-order valence-corrected chi connectivity index (χ3v) is 8.00. The Morgan fingerprint density at radius 3 is 1.73 bits per heavy atom. The quantitative estimate of drug-likeness (QED) is 0.230. The van der Waals surface area contributed by atoms with Gasteiger partial charge in [0, 0.05) is 32.8 Å². The summed E-state index contributed by atoms with van der Waals surface area (Å²) < 4.78 is 15.3. The number of hydrogen-bond acceptors (Lipinski definition) is 3. The molecule has 0 aliphatic heterocycles. The number of para-hydroxylation sites is 3. The van der Waals surface area contributed by atoms with Gasteiger partial charge in [-0.05, 0) is 48.0 Å². The second kappa shape index (κ2) is 8.44. The SMILES string of the molecule is c1ccc(-c2nc3cc(-c4c5oc6ccccc6c5cc5c4oc4ccccc45)ccc3n2-c2ccccc2)cc1. The van der Waals surface area contributed by atoms with Gasteiger partial charge in [0.05, 0.1) is 16.6 Å². The van der Waals surface area contributed by atoms with E-state index in [1.165, 1.54) is 0 Å². The van der Waals surface area contributed by atoms with Gasteiger partial charge in [0.2, 0.25) is 0 Å². The zero-order valence-corrected chi connectivity index (χ0v) is 21.9. The predicted molar refractivity (Wildman–Crippen MR) is 166 cm³/mol. The summed E-state index contributed by atoms with van der Waals surface area (Å²) in [6, 6.07) is 45.9. The molecule has 0 fully saturated rings. The van der Waals surface area contributed by atoms with Crippen molar-refractivity contribution in [2.75, 3.05) is 0 Å². The lowest BCUT2D eigenvalue weighted by Gasteiger charge is -2.10. The maximum absolute atomic E-state index is 6.54. The van der Waals surface area contributed by atoms with Crippen molar-refractivity contribution in [3.63, 3.8) is 0 Å². The monoisotopic (exact) mass is 526 g/mol. The van der Waals surface area contributed by atoms with Crippen molar-refractivity contribution in [2.45, 2.75) is 0 Å². The van der Waals surface area contributed by atoms with Gasteiger partial charge in [0.15, 0.2) is 0 Å². The van der Waals surface area contributed by atoms with Gasteiger partial charge in [0.1, 0.15) is 28.2 Å². The Morgan fingerprint density at radius 2 is 1.07 bits per heavy atom. The lowest BCUT2D eigenvalue weighted by atomic mass is 9.98.